The molecule has 2 N–H and O–H groups in total. The van der Waals surface area contributed by atoms with Gasteiger partial charge in [0, 0.05) is 30.5 Å². The Hall–Kier alpha value is -3.66. The molecule has 0 atom stereocenters. The number of hydrogen-bond donors (Lipinski definition) is 2. The summed E-state index contributed by atoms with van der Waals surface area (Å²) in [6.45, 7) is 5.48. The maximum atomic E-state index is 13.8. The summed E-state index contributed by atoms with van der Waals surface area (Å²) in [5.74, 6) is 0.799. The van der Waals surface area contributed by atoms with Crippen LogP contribution in [0.4, 0.5) is 24.7 Å². The molecular formula is C27H27F3N6O. The smallest absolute Gasteiger partial charge is 0.340 e. The summed E-state index contributed by atoms with van der Waals surface area (Å²) in [5.41, 5.74) is 1.75. The summed E-state index contributed by atoms with van der Waals surface area (Å²) in [6, 6.07) is 12.3. The van der Waals surface area contributed by atoms with Gasteiger partial charge in [0.05, 0.1) is 16.6 Å². The van der Waals surface area contributed by atoms with Crippen molar-refractivity contribution in [2.45, 2.75) is 57.3 Å². The first-order valence-corrected chi connectivity index (χ1v) is 12.5. The lowest BCUT2D eigenvalue weighted by Crippen LogP contribution is -2.30. The van der Waals surface area contributed by atoms with Gasteiger partial charge in [-0.3, -0.25) is 4.79 Å². The number of aromatic nitrogens is 4. The molecule has 0 radical (unpaired) electrons. The molecule has 37 heavy (non-hydrogen) atoms. The molecule has 2 aliphatic rings. The molecule has 0 amide bonds. The highest BCUT2D eigenvalue weighted by molar-refractivity contribution is 5.82. The van der Waals surface area contributed by atoms with Crippen molar-refractivity contribution in [3.63, 3.8) is 0 Å². The molecule has 6 rings (SSSR count). The van der Waals surface area contributed by atoms with Crippen molar-refractivity contribution in [3.05, 3.63) is 75.8 Å². The van der Waals surface area contributed by atoms with Gasteiger partial charge in [-0.2, -0.15) is 13.2 Å². The minimum Gasteiger partial charge on any atom is -0.340 e. The molecule has 0 bridgehead atoms. The molecule has 1 saturated carbocycles. The minimum atomic E-state index is -4.37. The molecule has 1 aliphatic heterocycles. The highest BCUT2D eigenvalue weighted by Crippen LogP contribution is 2.58. The number of hydrogen-bond acceptors (Lipinski definition) is 5. The standard InChI is InChI=1S/C27H27F3N6O/c1-16(2)35-25(37)20-15-32-23(33-19-7-6-18-14-31-11-8-17(18)12-19)13-21(20)36(35)24-5-3-4-22(34-24)26(9-10-26)27(28,29)30/h3-7,12-13,15-16,31H,8-11,14H2,1-2H3,(H,32,33). The van der Waals surface area contributed by atoms with Crippen LogP contribution >= 0.6 is 0 Å². The minimum absolute atomic E-state index is 0.0157. The summed E-state index contributed by atoms with van der Waals surface area (Å²) in [6.07, 6.45) is -1.88. The number of anilines is 2. The molecule has 10 heteroatoms. The SMILES string of the molecule is CC(C)n1c(=O)c2cnc(Nc3ccc4c(c3)CCNC4)cc2n1-c1cccc(C2(C(F)(F)F)CC2)n1. The first-order valence-electron chi connectivity index (χ1n) is 12.5. The van der Waals surface area contributed by atoms with E-state index in [0.29, 0.717) is 16.7 Å². The number of pyridine rings is 2. The first-order chi connectivity index (χ1) is 17.7. The lowest BCUT2D eigenvalue weighted by Gasteiger charge is -2.21. The number of nitrogens with zero attached hydrogens (tertiary/aromatic N) is 4. The third kappa shape index (κ3) is 3.90. The molecule has 4 aromatic rings. The van der Waals surface area contributed by atoms with Crippen molar-refractivity contribution in [2.75, 3.05) is 11.9 Å². The van der Waals surface area contributed by atoms with E-state index in [1.165, 1.54) is 28.1 Å². The largest absolute Gasteiger partial charge is 0.399 e. The highest BCUT2D eigenvalue weighted by atomic mass is 19.4. The van der Waals surface area contributed by atoms with Crippen molar-refractivity contribution in [1.29, 1.82) is 0 Å². The van der Waals surface area contributed by atoms with Gasteiger partial charge in [0.2, 0.25) is 0 Å². The molecule has 0 unspecified atom stereocenters. The lowest BCUT2D eigenvalue weighted by molar-refractivity contribution is -0.161. The fourth-order valence-corrected chi connectivity index (χ4v) is 5.20. The van der Waals surface area contributed by atoms with Gasteiger partial charge in [-0.25, -0.2) is 19.3 Å². The number of halogens is 3. The van der Waals surface area contributed by atoms with E-state index in [1.807, 2.05) is 19.9 Å². The molecular weight excluding hydrogens is 481 g/mol. The van der Waals surface area contributed by atoms with Crippen molar-refractivity contribution >= 4 is 22.4 Å². The molecule has 4 heterocycles. The van der Waals surface area contributed by atoms with Gasteiger partial charge >= 0.3 is 6.18 Å². The Balaban J connectivity index is 1.46. The molecule has 3 aromatic heterocycles. The Labute approximate surface area is 211 Å². The molecule has 1 aromatic carbocycles. The quantitative estimate of drug-likeness (QED) is 0.390. The van der Waals surface area contributed by atoms with Crippen LogP contribution in [-0.2, 0) is 18.4 Å². The van der Waals surface area contributed by atoms with Crippen LogP contribution in [0.3, 0.4) is 0 Å². The van der Waals surface area contributed by atoms with Crippen molar-refractivity contribution in [1.82, 2.24) is 24.6 Å². The summed E-state index contributed by atoms with van der Waals surface area (Å²) in [7, 11) is 0. The van der Waals surface area contributed by atoms with E-state index in [0.717, 1.165) is 25.2 Å². The van der Waals surface area contributed by atoms with Crippen LogP contribution < -0.4 is 16.2 Å². The van der Waals surface area contributed by atoms with E-state index >= 15 is 0 Å². The normalized spacial score (nSPS) is 16.7. The Morgan fingerprint density at radius 2 is 1.92 bits per heavy atom. The molecule has 192 valence electrons. The van der Waals surface area contributed by atoms with Crippen LogP contribution in [0.15, 0.2) is 53.5 Å². The number of alkyl halides is 3. The van der Waals surface area contributed by atoms with Crippen LogP contribution in [0.25, 0.3) is 16.7 Å². The van der Waals surface area contributed by atoms with Crippen molar-refractivity contribution < 1.29 is 13.2 Å². The predicted molar refractivity (Wildman–Crippen MR) is 136 cm³/mol. The molecule has 0 spiro atoms. The van der Waals surface area contributed by atoms with Gasteiger partial charge in [-0.1, -0.05) is 12.1 Å². The van der Waals surface area contributed by atoms with Gasteiger partial charge in [-0.05, 0) is 75.0 Å². The van der Waals surface area contributed by atoms with Crippen LogP contribution in [0.2, 0.25) is 0 Å². The van der Waals surface area contributed by atoms with Gasteiger partial charge in [0.25, 0.3) is 5.56 Å². The first kappa shape index (κ1) is 23.7. The van der Waals surface area contributed by atoms with Crippen LogP contribution in [0.5, 0.6) is 0 Å². The fraction of sp³-hybridized carbons (Fsp3) is 0.370. The van der Waals surface area contributed by atoms with E-state index in [4.69, 9.17) is 0 Å². The molecule has 1 fully saturated rings. The Morgan fingerprint density at radius 3 is 2.65 bits per heavy atom. The van der Waals surface area contributed by atoms with Crippen LogP contribution in [0, 0.1) is 0 Å². The highest BCUT2D eigenvalue weighted by Gasteiger charge is 2.65. The fourth-order valence-electron chi connectivity index (χ4n) is 5.20. The average molecular weight is 509 g/mol. The van der Waals surface area contributed by atoms with Crippen molar-refractivity contribution in [2.24, 2.45) is 0 Å². The third-order valence-electron chi connectivity index (χ3n) is 7.35. The van der Waals surface area contributed by atoms with Gasteiger partial charge < -0.3 is 10.6 Å². The zero-order valence-corrected chi connectivity index (χ0v) is 20.6. The Kier molecular flexibility index (Phi) is 5.41. The second-order valence-electron chi connectivity index (χ2n) is 10.1. The van der Waals surface area contributed by atoms with Gasteiger partial charge in [0.15, 0.2) is 5.82 Å². The maximum absolute atomic E-state index is 13.8. The number of fused-ring (bicyclic) bond motifs is 2. The van der Waals surface area contributed by atoms with Crippen LogP contribution in [-0.4, -0.2) is 32.1 Å². The number of nitrogens with one attached hydrogen (secondary N) is 2. The van der Waals surface area contributed by atoms with Crippen LogP contribution in [0.1, 0.15) is 49.6 Å². The van der Waals surface area contributed by atoms with E-state index in [9.17, 15) is 18.0 Å². The molecule has 1 aliphatic carbocycles. The average Bonchev–Trinajstić information content (AvgIpc) is 3.64. The molecule has 0 saturated heterocycles. The van der Waals surface area contributed by atoms with Crippen molar-refractivity contribution in [3.8, 4) is 5.82 Å². The van der Waals surface area contributed by atoms with E-state index in [1.54, 1.807) is 22.9 Å². The Morgan fingerprint density at radius 1 is 1.11 bits per heavy atom. The molecule has 7 nitrogen and oxygen atoms in total. The zero-order valence-electron chi connectivity index (χ0n) is 20.6. The monoisotopic (exact) mass is 508 g/mol. The predicted octanol–water partition coefficient (Wildman–Crippen LogP) is 5.15. The van der Waals surface area contributed by atoms with E-state index < -0.39 is 11.6 Å². The van der Waals surface area contributed by atoms with Gasteiger partial charge in [-0.15, -0.1) is 0 Å². The van der Waals surface area contributed by atoms with Gasteiger partial charge in [0.1, 0.15) is 11.2 Å². The van der Waals surface area contributed by atoms with E-state index in [2.05, 4.69) is 32.7 Å². The summed E-state index contributed by atoms with van der Waals surface area (Å²) < 4.78 is 44.6. The second-order valence-corrected chi connectivity index (χ2v) is 10.1. The summed E-state index contributed by atoms with van der Waals surface area (Å²) in [4.78, 5) is 22.2. The van der Waals surface area contributed by atoms with E-state index in [-0.39, 0.29) is 36.0 Å². The topological polar surface area (TPSA) is 76.8 Å². The third-order valence-corrected chi connectivity index (χ3v) is 7.35. The zero-order chi connectivity index (χ0) is 25.9. The summed E-state index contributed by atoms with van der Waals surface area (Å²) in [5, 5.41) is 7.06. The number of benzene rings is 1. The number of rotatable bonds is 5. The second kappa shape index (κ2) is 8.44. The maximum Gasteiger partial charge on any atom is 0.399 e. The Bertz CT molecular complexity index is 1560. The lowest BCUT2D eigenvalue weighted by atomic mass is 10.0. The summed E-state index contributed by atoms with van der Waals surface area (Å²) >= 11 is 0.